The molecule has 0 heterocycles. The van der Waals surface area contributed by atoms with E-state index >= 15 is 0 Å². The lowest BCUT2D eigenvalue weighted by molar-refractivity contribution is -0.148. The van der Waals surface area contributed by atoms with Crippen molar-refractivity contribution in [1.82, 2.24) is 10.2 Å². The van der Waals surface area contributed by atoms with Crippen LogP contribution in [0.3, 0.4) is 0 Å². The van der Waals surface area contributed by atoms with E-state index in [0.717, 1.165) is 22.3 Å². The van der Waals surface area contributed by atoms with Gasteiger partial charge in [-0.25, -0.2) is 9.59 Å². The topological polar surface area (TPSA) is 95.9 Å². The van der Waals surface area contributed by atoms with Crippen molar-refractivity contribution in [1.29, 1.82) is 0 Å². The predicted octanol–water partition coefficient (Wildman–Crippen LogP) is 3.38. The summed E-state index contributed by atoms with van der Waals surface area (Å²) in [7, 11) is 1.46. The summed E-state index contributed by atoms with van der Waals surface area (Å²) in [6.45, 7) is 1.67. The highest BCUT2D eigenvalue weighted by atomic mass is 16.5. The molecular formula is C24H26N2O5. The first-order valence-electron chi connectivity index (χ1n) is 10.4. The monoisotopic (exact) mass is 422 g/mol. The summed E-state index contributed by atoms with van der Waals surface area (Å²) >= 11 is 0. The van der Waals surface area contributed by atoms with Gasteiger partial charge in [-0.15, -0.1) is 0 Å². The molecule has 4 rings (SSSR count). The second-order valence-electron chi connectivity index (χ2n) is 8.43. The van der Waals surface area contributed by atoms with Gasteiger partial charge in [-0.3, -0.25) is 4.79 Å². The number of amides is 2. The van der Waals surface area contributed by atoms with E-state index < -0.39 is 23.6 Å². The highest BCUT2D eigenvalue weighted by Gasteiger charge is 2.47. The van der Waals surface area contributed by atoms with Crippen molar-refractivity contribution in [3.05, 3.63) is 59.7 Å². The van der Waals surface area contributed by atoms with Crippen LogP contribution in [-0.2, 0) is 14.3 Å². The smallest absolute Gasteiger partial charge is 0.407 e. The van der Waals surface area contributed by atoms with Crippen molar-refractivity contribution in [2.24, 2.45) is 0 Å². The second kappa shape index (κ2) is 8.06. The Kier molecular flexibility index (Phi) is 5.43. The summed E-state index contributed by atoms with van der Waals surface area (Å²) in [4.78, 5) is 37.3. The van der Waals surface area contributed by atoms with Gasteiger partial charge in [0.15, 0.2) is 0 Å². The summed E-state index contributed by atoms with van der Waals surface area (Å²) < 4.78 is 5.57. The van der Waals surface area contributed by atoms with Crippen LogP contribution in [0.2, 0.25) is 0 Å². The first kappa shape index (κ1) is 20.9. The Labute approximate surface area is 181 Å². The fraction of sp³-hybridized carbons (Fsp3) is 0.375. The molecule has 7 heteroatoms. The molecule has 0 radical (unpaired) electrons. The Morgan fingerprint density at radius 2 is 1.65 bits per heavy atom. The fourth-order valence-electron chi connectivity index (χ4n) is 4.14. The van der Waals surface area contributed by atoms with E-state index in [1.165, 1.54) is 18.9 Å². The number of carboxylic acids is 1. The number of nitrogens with zero attached hydrogens (tertiary/aromatic N) is 1. The molecule has 7 nitrogen and oxygen atoms in total. The lowest BCUT2D eigenvalue weighted by Crippen LogP contribution is -2.45. The molecule has 1 atom stereocenters. The molecule has 31 heavy (non-hydrogen) atoms. The van der Waals surface area contributed by atoms with Crippen LogP contribution in [0.15, 0.2) is 48.5 Å². The third-order valence-corrected chi connectivity index (χ3v) is 6.39. The largest absolute Gasteiger partial charge is 0.480 e. The summed E-state index contributed by atoms with van der Waals surface area (Å²) in [5, 5.41) is 11.9. The predicted molar refractivity (Wildman–Crippen MR) is 115 cm³/mol. The highest BCUT2D eigenvalue weighted by molar-refractivity contribution is 5.85. The SMILES string of the molecule is C[C@@H](C(=O)O)N(C)C(=O)CC1(NC(=O)OCC2c3ccccc3-c3ccccc32)CC1. The van der Waals surface area contributed by atoms with Gasteiger partial charge in [-0.2, -0.15) is 0 Å². The van der Waals surface area contributed by atoms with E-state index in [-0.39, 0.29) is 24.9 Å². The number of benzene rings is 2. The Bertz CT molecular complexity index is 985. The maximum atomic E-state index is 12.5. The Hall–Kier alpha value is -3.35. The van der Waals surface area contributed by atoms with Gasteiger partial charge in [0.2, 0.25) is 5.91 Å². The lowest BCUT2D eigenvalue weighted by Gasteiger charge is -2.25. The molecule has 2 aromatic carbocycles. The number of carbonyl (C=O) groups excluding carboxylic acids is 2. The summed E-state index contributed by atoms with van der Waals surface area (Å²) in [5.74, 6) is -1.41. The lowest BCUT2D eigenvalue weighted by atomic mass is 9.98. The molecule has 2 aliphatic carbocycles. The summed E-state index contributed by atoms with van der Waals surface area (Å²) in [6.07, 6.45) is 0.836. The van der Waals surface area contributed by atoms with Gasteiger partial charge in [-0.05, 0) is 42.0 Å². The van der Waals surface area contributed by atoms with Gasteiger partial charge < -0.3 is 20.1 Å². The number of nitrogens with one attached hydrogen (secondary N) is 1. The number of hydrogen-bond donors (Lipinski definition) is 2. The molecule has 2 N–H and O–H groups in total. The number of hydrogen-bond acceptors (Lipinski definition) is 4. The molecule has 0 saturated heterocycles. The first-order chi connectivity index (χ1) is 14.8. The van der Waals surface area contributed by atoms with Crippen LogP contribution in [0.4, 0.5) is 4.79 Å². The van der Waals surface area contributed by atoms with Crippen molar-refractivity contribution < 1.29 is 24.2 Å². The quantitative estimate of drug-likeness (QED) is 0.713. The molecule has 2 amide bonds. The molecule has 0 bridgehead atoms. The number of aliphatic carboxylic acids is 1. The Balaban J connectivity index is 1.37. The van der Waals surface area contributed by atoms with Gasteiger partial charge in [0.25, 0.3) is 0 Å². The Morgan fingerprint density at radius 3 is 2.16 bits per heavy atom. The molecule has 162 valence electrons. The van der Waals surface area contributed by atoms with E-state index in [2.05, 4.69) is 29.6 Å². The minimum atomic E-state index is -1.06. The van der Waals surface area contributed by atoms with Crippen LogP contribution in [0.1, 0.15) is 43.2 Å². The highest BCUT2D eigenvalue weighted by Crippen LogP contribution is 2.44. The van der Waals surface area contributed by atoms with E-state index in [1.807, 2.05) is 24.3 Å². The van der Waals surface area contributed by atoms with Crippen LogP contribution >= 0.6 is 0 Å². The van der Waals surface area contributed by atoms with Crippen molar-refractivity contribution in [2.45, 2.75) is 43.7 Å². The van der Waals surface area contributed by atoms with Crippen molar-refractivity contribution in [2.75, 3.05) is 13.7 Å². The fourth-order valence-corrected chi connectivity index (χ4v) is 4.14. The van der Waals surface area contributed by atoms with Crippen LogP contribution < -0.4 is 5.32 Å². The van der Waals surface area contributed by atoms with E-state index in [4.69, 9.17) is 9.84 Å². The molecule has 0 spiro atoms. The number of fused-ring (bicyclic) bond motifs is 3. The number of ether oxygens (including phenoxy) is 1. The number of alkyl carbamates (subject to hydrolysis) is 1. The standard InChI is InChI=1S/C24H26N2O5/c1-15(22(28)29)26(2)21(27)13-24(11-12-24)25-23(30)31-14-20-18-9-5-3-7-16(18)17-8-4-6-10-19(17)20/h3-10,15,20H,11-14H2,1-2H3,(H,25,30)(H,28,29)/t15-/m0/s1. The van der Waals surface area contributed by atoms with Gasteiger partial charge in [-0.1, -0.05) is 48.5 Å². The molecule has 0 aliphatic heterocycles. The average Bonchev–Trinajstić information content (AvgIpc) is 3.43. The molecule has 2 aromatic rings. The number of carbonyl (C=O) groups is 3. The minimum Gasteiger partial charge on any atom is -0.480 e. The average molecular weight is 422 g/mol. The molecule has 0 aromatic heterocycles. The third-order valence-electron chi connectivity index (χ3n) is 6.39. The maximum absolute atomic E-state index is 12.5. The maximum Gasteiger partial charge on any atom is 0.407 e. The zero-order valence-corrected chi connectivity index (χ0v) is 17.6. The molecule has 1 saturated carbocycles. The Morgan fingerprint density at radius 1 is 1.10 bits per heavy atom. The zero-order valence-electron chi connectivity index (χ0n) is 17.6. The third kappa shape index (κ3) is 4.13. The van der Waals surface area contributed by atoms with Crippen molar-refractivity contribution in [3.8, 4) is 11.1 Å². The van der Waals surface area contributed by atoms with E-state index in [9.17, 15) is 14.4 Å². The van der Waals surface area contributed by atoms with Crippen LogP contribution in [0.25, 0.3) is 11.1 Å². The molecule has 0 unspecified atom stereocenters. The van der Waals surface area contributed by atoms with Crippen molar-refractivity contribution in [3.63, 3.8) is 0 Å². The molecule has 1 fully saturated rings. The van der Waals surface area contributed by atoms with E-state index in [0.29, 0.717) is 12.8 Å². The van der Waals surface area contributed by atoms with Gasteiger partial charge in [0.05, 0.1) is 12.0 Å². The summed E-state index contributed by atoms with van der Waals surface area (Å²) in [6, 6.07) is 15.3. The van der Waals surface area contributed by atoms with Gasteiger partial charge >= 0.3 is 12.1 Å². The second-order valence-corrected chi connectivity index (χ2v) is 8.43. The number of likely N-dealkylation sites (N-methyl/N-ethyl adjacent to an activating group) is 1. The van der Waals surface area contributed by atoms with Crippen molar-refractivity contribution >= 4 is 18.0 Å². The van der Waals surface area contributed by atoms with E-state index in [1.54, 1.807) is 0 Å². The molecule has 2 aliphatic rings. The van der Waals surface area contributed by atoms with Crippen LogP contribution in [-0.4, -0.2) is 53.2 Å². The van der Waals surface area contributed by atoms with Gasteiger partial charge in [0.1, 0.15) is 12.6 Å². The summed E-state index contributed by atoms with van der Waals surface area (Å²) in [5.41, 5.74) is 3.94. The number of rotatable bonds is 7. The zero-order chi connectivity index (χ0) is 22.2. The van der Waals surface area contributed by atoms with Gasteiger partial charge in [0, 0.05) is 13.0 Å². The van der Waals surface area contributed by atoms with Crippen LogP contribution in [0.5, 0.6) is 0 Å². The molecular weight excluding hydrogens is 396 g/mol. The first-order valence-corrected chi connectivity index (χ1v) is 10.4. The number of carboxylic acid groups (broad SMARTS) is 1. The van der Waals surface area contributed by atoms with Crippen LogP contribution in [0, 0.1) is 0 Å². The minimum absolute atomic E-state index is 0.0301. The normalized spacial score (nSPS) is 16.6.